The highest BCUT2D eigenvalue weighted by molar-refractivity contribution is 5.66. The first-order valence-corrected chi connectivity index (χ1v) is 8.37. The van der Waals surface area contributed by atoms with Gasteiger partial charge in [0.15, 0.2) is 0 Å². The van der Waals surface area contributed by atoms with Gasteiger partial charge in [-0.25, -0.2) is 0 Å². The van der Waals surface area contributed by atoms with E-state index in [4.69, 9.17) is 9.47 Å². The Morgan fingerprint density at radius 2 is 2.05 bits per heavy atom. The maximum atomic E-state index is 11.3. The highest BCUT2D eigenvalue weighted by atomic mass is 16.5. The molecular weight excluding hydrogens is 264 g/mol. The molecule has 3 rings (SSSR count). The van der Waals surface area contributed by atoms with Crippen LogP contribution in [-0.2, 0) is 14.3 Å². The van der Waals surface area contributed by atoms with Crippen molar-refractivity contribution in [2.75, 3.05) is 13.2 Å². The van der Waals surface area contributed by atoms with Crippen molar-refractivity contribution in [1.29, 1.82) is 0 Å². The largest absolute Gasteiger partial charge is 0.465 e. The Morgan fingerprint density at radius 3 is 2.67 bits per heavy atom. The molecule has 2 aliphatic carbocycles. The summed E-state index contributed by atoms with van der Waals surface area (Å²) in [7, 11) is 0. The molecule has 2 bridgehead atoms. The third-order valence-corrected chi connectivity index (χ3v) is 6.51. The maximum absolute atomic E-state index is 11.3. The molecule has 0 unspecified atom stereocenters. The van der Waals surface area contributed by atoms with Crippen molar-refractivity contribution in [1.82, 2.24) is 0 Å². The highest BCUT2D eigenvalue weighted by Gasteiger charge is 2.60. The van der Waals surface area contributed by atoms with Crippen molar-refractivity contribution in [2.24, 2.45) is 23.2 Å². The van der Waals surface area contributed by atoms with Crippen molar-refractivity contribution in [2.45, 2.75) is 59.0 Å². The average molecular weight is 292 g/mol. The second-order valence-electron chi connectivity index (χ2n) is 7.54. The molecule has 0 aromatic carbocycles. The van der Waals surface area contributed by atoms with Gasteiger partial charge >= 0.3 is 5.97 Å². The predicted molar refractivity (Wildman–Crippen MR) is 81.8 cm³/mol. The molecule has 1 heterocycles. The van der Waals surface area contributed by atoms with Crippen molar-refractivity contribution in [3.8, 4) is 0 Å². The van der Waals surface area contributed by atoms with E-state index < -0.39 is 0 Å². The van der Waals surface area contributed by atoms with E-state index in [2.05, 4.69) is 26.8 Å². The zero-order valence-corrected chi connectivity index (χ0v) is 13.8. The lowest BCUT2D eigenvalue weighted by molar-refractivity contribution is -0.217. The molecule has 3 aliphatic rings. The van der Waals surface area contributed by atoms with Crippen LogP contribution in [0.25, 0.3) is 0 Å². The van der Waals surface area contributed by atoms with Crippen molar-refractivity contribution < 1.29 is 14.3 Å². The molecule has 0 aromatic rings. The Kier molecular flexibility index (Phi) is 3.67. The minimum Gasteiger partial charge on any atom is -0.465 e. The van der Waals surface area contributed by atoms with Crippen molar-refractivity contribution in [3.63, 3.8) is 0 Å². The Labute approximate surface area is 128 Å². The number of allylic oxidation sites excluding steroid dienone is 1. The second kappa shape index (κ2) is 5.12. The van der Waals surface area contributed by atoms with Crippen LogP contribution in [0.3, 0.4) is 0 Å². The first-order chi connectivity index (χ1) is 9.91. The standard InChI is InChI=1S/C18H28O3/c1-12-9-13(2)17(10-20-15(4)19)11-21-18(7-5-6-8-18)16(12)14(17)3/h9,13-14,16H,5-8,10-11H2,1-4H3/t13-,14-,16-,17-/m0/s1. The van der Waals surface area contributed by atoms with Gasteiger partial charge in [-0.15, -0.1) is 0 Å². The third-order valence-electron chi connectivity index (χ3n) is 6.51. The van der Waals surface area contributed by atoms with Crippen LogP contribution in [0.5, 0.6) is 0 Å². The van der Waals surface area contributed by atoms with E-state index in [9.17, 15) is 4.79 Å². The van der Waals surface area contributed by atoms with E-state index in [-0.39, 0.29) is 17.0 Å². The highest BCUT2D eigenvalue weighted by Crippen LogP contribution is 2.59. The molecule has 3 nitrogen and oxygen atoms in total. The minimum absolute atomic E-state index is 0.0519. The average Bonchev–Trinajstić information content (AvgIpc) is 2.86. The minimum atomic E-state index is -0.187. The molecule has 4 atom stereocenters. The van der Waals surface area contributed by atoms with E-state index >= 15 is 0 Å². The molecule has 0 N–H and O–H groups in total. The normalized spacial score (nSPS) is 41.0. The second-order valence-corrected chi connectivity index (χ2v) is 7.54. The maximum Gasteiger partial charge on any atom is 0.302 e. The van der Waals surface area contributed by atoms with Gasteiger partial charge in [0.05, 0.1) is 18.8 Å². The summed E-state index contributed by atoms with van der Waals surface area (Å²) in [6.45, 7) is 9.57. The molecule has 0 radical (unpaired) electrons. The topological polar surface area (TPSA) is 35.5 Å². The molecule has 21 heavy (non-hydrogen) atoms. The monoisotopic (exact) mass is 292 g/mol. The van der Waals surface area contributed by atoms with Crippen LogP contribution < -0.4 is 0 Å². The fraction of sp³-hybridized carbons (Fsp3) is 0.833. The van der Waals surface area contributed by atoms with Crippen molar-refractivity contribution in [3.05, 3.63) is 11.6 Å². The van der Waals surface area contributed by atoms with E-state index in [0.717, 1.165) is 6.61 Å². The number of ether oxygens (including phenoxy) is 2. The summed E-state index contributed by atoms with van der Waals surface area (Å²) < 4.78 is 11.9. The number of carbonyl (C=O) groups is 1. The van der Waals surface area contributed by atoms with Gasteiger partial charge in [-0.1, -0.05) is 38.3 Å². The van der Waals surface area contributed by atoms with E-state index in [1.54, 1.807) is 0 Å². The summed E-state index contributed by atoms with van der Waals surface area (Å²) in [5.74, 6) is 1.19. The van der Waals surface area contributed by atoms with Gasteiger partial charge in [-0.3, -0.25) is 4.79 Å². The first-order valence-electron chi connectivity index (χ1n) is 8.37. The summed E-state index contributed by atoms with van der Waals surface area (Å²) in [6, 6.07) is 0. The molecule has 1 spiro atoms. The Hall–Kier alpha value is -0.830. The lowest BCUT2D eigenvalue weighted by Gasteiger charge is -2.59. The summed E-state index contributed by atoms with van der Waals surface area (Å²) in [4.78, 5) is 11.3. The lowest BCUT2D eigenvalue weighted by atomic mass is 9.53. The molecule has 0 aromatic heterocycles. The Balaban J connectivity index is 1.95. The Morgan fingerprint density at radius 1 is 1.38 bits per heavy atom. The number of rotatable bonds is 2. The quantitative estimate of drug-likeness (QED) is 0.574. The van der Waals surface area contributed by atoms with Gasteiger partial charge in [0, 0.05) is 18.3 Å². The number of fused-ring (bicyclic) bond motifs is 3. The van der Waals surface area contributed by atoms with Crippen LogP contribution in [0.2, 0.25) is 0 Å². The number of hydrogen-bond acceptors (Lipinski definition) is 3. The van der Waals surface area contributed by atoms with Crippen LogP contribution in [0.1, 0.15) is 53.4 Å². The van der Waals surface area contributed by atoms with Gasteiger partial charge in [0.1, 0.15) is 0 Å². The third kappa shape index (κ3) is 2.16. The van der Waals surface area contributed by atoms with Gasteiger partial charge in [-0.05, 0) is 31.6 Å². The predicted octanol–water partition coefficient (Wildman–Crippen LogP) is 3.73. The molecule has 0 amide bonds. The molecule has 1 saturated heterocycles. The number of esters is 1. The van der Waals surface area contributed by atoms with Crippen LogP contribution in [-0.4, -0.2) is 24.8 Å². The van der Waals surface area contributed by atoms with Crippen LogP contribution in [0, 0.1) is 23.2 Å². The molecule has 2 fully saturated rings. The molecule has 118 valence electrons. The van der Waals surface area contributed by atoms with E-state index in [1.807, 2.05) is 0 Å². The van der Waals surface area contributed by atoms with Gasteiger partial charge in [0.2, 0.25) is 0 Å². The van der Waals surface area contributed by atoms with E-state index in [0.29, 0.717) is 24.4 Å². The van der Waals surface area contributed by atoms with Crippen LogP contribution in [0.4, 0.5) is 0 Å². The van der Waals surface area contributed by atoms with Crippen LogP contribution in [0.15, 0.2) is 11.6 Å². The first kappa shape index (κ1) is 15.1. The zero-order valence-electron chi connectivity index (χ0n) is 13.8. The summed E-state index contributed by atoms with van der Waals surface area (Å²) in [5.41, 5.74) is 1.49. The summed E-state index contributed by atoms with van der Waals surface area (Å²) >= 11 is 0. The number of carbonyl (C=O) groups excluding carboxylic acids is 1. The zero-order chi connectivity index (χ0) is 15.3. The molecule has 3 heteroatoms. The van der Waals surface area contributed by atoms with Gasteiger partial charge < -0.3 is 9.47 Å². The van der Waals surface area contributed by atoms with E-state index in [1.165, 1.54) is 38.2 Å². The smallest absolute Gasteiger partial charge is 0.302 e. The SMILES string of the molecule is CC(=O)OC[C@]12COC3(CCCC3)[C@@H](C(C)=C[C@@H]1C)[C@@H]2C. The molecular formula is C18H28O3. The summed E-state index contributed by atoms with van der Waals surface area (Å²) in [5, 5.41) is 0. The number of hydrogen-bond donors (Lipinski definition) is 0. The molecule has 1 aliphatic heterocycles. The Bertz CT molecular complexity index is 461. The fourth-order valence-electron chi connectivity index (χ4n) is 5.28. The van der Waals surface area contributed by atoms with Gasteiger partial charge in [-0.2, -0.15) is 0 Å². The summed E-state index contributed by atoms with van der Waals surface area (Å²) in [6.07, 6.45) is 7.35. The lowest BCUT2D eigenvalue weighted by Crippen LogP contribution is -2.61. The molecule has 1 saturated carbocycles. The van der Waals surface area contributed by atoms with Crippen molar-refractivity contribution >= 4 is 5.97 Å². The van der Waals surface area contributed by atoms with Crippen LogP contribution >= 0.6 is 0 Å². The van der Waals surface area contributed by atoms with Gasteiger partial charge in [0.25, 0.3) is 0 Å². The fourth-order valence-corrected chi connectivity index (χ4v) is 5.28.